The number of nitrogens with zero attached hydrogens (tertiary/aromatic N) is 2. The minimum Gasteiger partial charge on any atom is -0.338 e. The van der Waals surface area contributed by atoms with E-state index in [4.69, 9.17) is 17.4 Å². The third kappa shape index (κ3) is 3.74. The molecule has 0 aliphatic heterocycles. The fourth-order valence-electron chi connectivity index (χ4n) is 1.44. The van der Waals surface area contributed by atoms with Gasteiger partial charge in [0.05, 0.1) is 20.7 Å². The Labute approximate surface area is 130 Å². The van der Waals surface area contributed by atoms with Gasteiger partial charge in [-0.15, -0.1) is 0 Å². The number of nitrogen functional groups attached to an aromatic ring is 1. The molecule has 1 aromatic heterocycles. The van der Waals surface area contributed by atoms with Crippen molar-refractivity contribution in [2.45, 2.75) is 6.18 Å². The van der Waals surface area contributed by atoms with Crippen LogP contribution in [0.15, 0.2) is 28.9 Å². The maximum absolute atomic E-state index is 12.6. The van der Waals surface area contributed by atoms with Gasteiger partial charge in [0.15, 0.2) is 0 Å². The SMILES string of the molecule is NNc1ncc(Br)c(Nc2ccc(C(F)(F)F)cc2Cl)n1. The molecule has 0 aliphatic carbocycles. The lowest BCUT2D eigenvalue weighted by Crippen LogP contribution is -2.11. The maximum atomic E-state index is 12.6. The molecule has 1 heterocycles. The van der Waals surface area contributed by atoms with E-state index < -0.39 is 11.7 Å². The minimum atomic E-state index is -4.45. The van der Waals surface area contributed by atoms with Crippen LogP contribution in [0.2, 0.25) is 5.02 Å². The fraction of sp³-hybridized carbons (Fsp3) is 0.0909. The Morgan fingerprint density at radius 3 is 2.57 bits per heavy atom. The van der Waals surface area contributed by atoms with Gasteiger partial charge in [-0.1, -0.05) is 11.6 Å². The number of aromatic nitrogens is 2. The molecule has 0 unspecified atom stereocenters. The van der Waals surface area contributed by atoms with E-state index >= 15 is 0 Å². The summed E-state index contributed by atoms with van der Waals surface area (Å²) in [6.45, 7) is 0. The fourth-order valence-corrected chi connectivity index (χ4v) is 1.96. The molecular weight excluding hydrogens is 375 g/mol. The molecule has 5 nitrogen and oxygen atoms in total. The summed E-state index contributed by atoms with van der Waals surface area (Å²) in [4.78, 5) is 7.86. The van der Waals surface area contributed by atoms with Gasteiger partial charge < -0.3 is 5.32 Å². The highest BCUT2D eigenvalue weighted by Crippen LogP contribution is 2.35. The standard InChI is InChI=1S/C11H8BrClF3N5/c12-6-4-18-10(21-17)20-9(6)19-8-2-1-5(3-7(8)13)11(14,15)16/h1-4H,17H2,(H2,18,19,20,21). The monoisotopic (exact) mass is 381 g/mol. The lowest BCUT2D eigenvalue weighted by molar-refractivity contribution is -0.137. The number of hydrazine groups is 1. The van der Waals surface area contributed by atoms with Crippen LogP contribution in [0.3, 0.4) is 0 Å². The van der Waals surface area contributed by atoms with E-state index in [0.717, 1.165) is 12.1 Å². The summed E-state index contributed by atoms with van der Waals surface area (Å²) in [5.74, 6) is 5.64. The predicted octanol–water partition coefficient (Wildman–Crippen LogP) is 3.94. The van der Waals surface area contributed by atoms with Crippen LogP contribution >= 0.6 is 27.5 Å². The highest BCUT2D eigenvalue weighted by atomic mass is 79.9. The number of hydrogen-bond acceptors (Lipinski definition) is 5. The van der Waals surface area contributed by atoms with Crippen molar-refractivity contribution in [2.24, 2.45) is 5.84 Å². The van der Waals surface area contributed by atoms with Crippen LogP contribution in [0.25, 0.3) is 0 Å². The zero-order valence-corrected chi connectivity index (χ0v) is 12.5. The first-order chi connectivity index (χ1) is 9.81. The molecule has 112 valence electrons. The Kier molecular flexibility index (Phi) is 4.55. The lowest BCUT2D eigenvalue weighted by atomic mass is 10.2. The van der Waals surface area contributed by atoms with Gasteiger partial charge in [0.1, 0.15) is 5.82 Å². The number of anilines is 3. The van der Waals surface area contributed by atoms with E-state index in [1.807, 2.05) is 0 Å². The van der Waals surface area contributed by atoms with Crippen LogP contribution in [-0.2, 0) is 6.18 Å². The molecule has 21 heavy (non-hydrogen) atoms. The predicted molar refractivity (Wildman–Crippen MR) is 77.3 cm³/mol. The number of hydrogen-bond donors (Lipinski definition) is 3. The van der Waals surface area contributed by atoms with E-state index in [0.29, 0.717) is 10.3 Å². The van der Waals surface area contributed by atoms with Crippen LogP contribution in [0.1, 0.15) is 5.56 Å². The first-order valence-corrected chi connectivity index (χ1v) is 6.61. The van der Waals surface area contributed by atoms with Crippen LogP contribution < -0.4 is 16.6 Å². The van der Waals surface area contributed by atoms with Gasteiger partial charge in [-0.05, 0) is 34.1 Å². The van der Waals surface area contributed by atoms with Crippen LogP contribution in [-0.4, -0.2) is 9.97 Å². The van der Waals surface area contributed by atoms with Crippen molar-refractivity contribution in [3.05, 3.63) is 39.5 Å². The molecule has 0 bridgehead atoms. The Bertz CT molecular complexity index is 665. The summed E-state index contributed by atoms with van der Waals surface area (Å²) in [5.41, 5.74) is 1.70. The second kappa shape index (κ2) is 6.04. The van der Waals surface area contributed by atoms with Gasteiger partial charge in [0.2, 0.25) is 5.95 Å². The smallest absolute Gasteiger partial charge is 0.338 e. The van der Waals surface area contributed by atoms with Gasteiger partial charge in [0, 0.05) is 6.20 Å². The van der Waals surface area contributed by atoms with Crippen molar-refractivity contribution >= 4 is 45.0 Å². The molecule has 0 fully saturated rings. The second-order valence-corrected chi connectivity index (χ2v) is 5.11. The number of benzene rings is 1. The molecule has 2 aromatic rings. The van der Waals surface area contributed by atoms with E-state index in [1.54, 1.807) is 0 Å². The summed E-state index contributed by atoms with van der Waals surface area (Å²) < 4.78 is 38.2. The first kappa shape index (κ1) is 15.8. The first-order valence-electron chi connectivity index (χ1n) is 5.44. The molecule has 0 saturated heterocycles. The van der Waals surface area contributed by atoms with Gasteiger partial charge in [0.25, 0.3) is 0 Å². The minimum absolute atomic E-state index is 0.0856. The molecule has 2 rings (SSSR count). The molecule has 0 aliphatic rings. The van der Waals surface area contributed by atoms with Crippen LogP contribution in [0.4, 0.5) is 30.6 Å². The lowest BCUT2D eigenvalue weighted by Gasteiger charge is -2.12. The van der Waals surface area contributed by atoms with E-state index in [9.17, 15) is 13.2 Å². The zero-order valence-electron chi connectivity index (χ0n) is 10.2. The van der Waals surface area contributed by atoms with E-state index in [-0.39, 0.29) is 16.7 Å². The topological polar surface area (TPSA) is 75.9 Å². The largest absolute Gasteiger partial charge is 0.416 e. The highest BCUT2D eigenvalue weighted by Gasteiger charge is 2.30. The van der Waals surface area contributed by atoms with Crippen molar-refractivity contribution < 1.29 is 13.2 Å². The average Bonchev–Trinajstić information content (AvgIpc) is 2.42. The summed E-state index contributed by atoms with van der Waals surface area (Å²) >= 11 is 9.06. The van der Waals surface area contributed by atoms with Crippen LogP contribution in [0.5, 0.6) is 0 Å². The number of halogens is 5. The number of rotatable bonds is 3. The molecule has 0 radical (unpaired) electrons. The van der Waals surface area contributed by atoms with Crippen LogP contribution in [0, 0.1) is 0 Å². The third-order valence-corrected chi connectivity index (χ3v) is 3.32. The molecule has 0 amide bonds. The Hall–Kier alpha value is -1.58. The van der Waals surface area contributed by atoms with Crippen molar-refractivity contribution in [2.75, 3.05) is 10.7 Å². The third-order valence-electron chi connectivity index (χ3n) is 2.42. The quantitative estimate of drug-likeness (QED) is 0.554. The van der Waals surface area contributed by atoms with Gasteiger partial charge in [-0.25, -0.2) is 10.8 Å². The number of nitrogens with two attached hydrogens (primary N) is 1. The molecule has 0 spiro atoms. The summed E-state index contributed by atoms with van der Waals surface area (Å²) in [6, 6.07) is 2.97. The van der Waals surface area contributed by atoms with Gasteiger partial charge in [-0.2, -0.15) is 18.2 Å². The Morgan fingerprint density at radius 2 is 2.00 bits per heavy atom. The van der Waals surface area contributed by atoms with Gasteiger partial charge >= 0.3 is 6.18 Å². The Balaban J connectivity index is 2.32. The summed E-state index contributed by atoms with van der Waals surface area (Å²) in [5, 5.41) is 2.72. The van der Waals surface area contributed by atoms with E-state index in [1.165, 1.54) is 12.3 Å². The highest BCUT2D eigenvalue weighted by molar-refractivity contribution is 9.10. The average molecular weight is 383 g/mol. The van der Waals surface area contributed by atoms with Crippen molar-refractivity contribution in [3.63, 3.8) is 0 Å². The van der Waals surface area contributed by atoms with Gasteiger partial charge in [-0.3, -0.25) is 5.43 Å². The van der Waals surface area contributed by atoms with Crippen molar-refractivity contribution in [1.29, 1.82) is 0 Å². The molecule has 1 aromatic carbocycles. The molecule has 0 saturated carbocycles. The number of nitrogens with one attached hydrogen (secondary N) is 2. The molecule has 4 N–H and O–H groups in total. The van der Waals surface area contributed by atoms with Crippen molar-refractivity contribution in [3.8, 4) is 0 Å². The van der Waals surface area contributed by atoms with E-state index in [2.05, 4.69) is 36.6 Å². The summed E-state index contributed by atoms with van der Waals surface area (Å²) in [6.07, 6.45) is -3.02. The van der Waals surface area contributed by atoms with Crippen molar-refractivity contribution in [1.82, 2.24) is 9.97 Å². The Morgan fingerprint density at radius 1 is 1.29 bits per heavy atom. The molecular formula is C11H8BrClF3N5. The second-order valence-electron chi connectivity index (χ2n) is 3.85. The zero-order chi connectivity index (χ0) is 15.6. The normalized spacial score (nSPS) is 11.3. The number of alkyl halides is 3. The maximum Gasteiger partial charge on any atom is 0.416 e. The molecule has 0 atom stereocenters. The molecule has 10 heteroatoms. The summed E-state index contributed by atoms with van der Waals surface area (Å²) in [7, 11) is 0.